The van der Waals surface area contributed by atoms with Gasteiger partial charge in [0.05, 0.1) is 26.4 Å². The van der Waals surface area contributed by atoms with E-state index in [0.29, 0.717) is 98.0 Å². The molecule has 4 rings (SSSR count). The van der Waals surface area contributed by atoms with Gasteiger partial charge in [0.1, 0.15) is 5.78 Å². The van der Waals surface area contributed by atoms with Crippen molar-refractivity contribution < 1.29 is 125 Å². The number of nitrogens with two attached hydrogens (primary N) is 2. The number of aliphatic carboxylic acids is 1. The zero-order valence-electron chi connectivity index (χ0n) is 59.0. The smallest absolute Gasteiger partial charge is 0.342 e. The van der Waals surface area contributed by atoms with Crippen molar-refractivity contribution in [2.75, 3.05) is 86.6 Å². The molecule has 4 aliphatic heterocycles. The van der Waals surface area contributed by atoms with Crippen molar-refractivity contribution in [3.8, 4) is 0 Å². The van der Waals surface area contributed by atoms with E-state index in [-0.39, 0.29) is 144 Å². The quantitative estimate of drug-likeness (QED) is 0.0109. The van der Waals surface area contributed by atoms with Crippen LogP contribution in [0.15, 0.2) is 44.6 Å². The van der Waals surface area contributed by atoms with Crippen LogP contribution < -0.4 is 27.4 Å². The van der Waals surface area contributed by atoms with Crippen molar-refractivity contribution in [3.05, 3.63) is 44.6 Å². The maximum Gasteiger partial charge on any atom is 0.342 e. The van der Waals surface area contributed by atoms with Crippen LogP contribution in [0.2, 0.25) is 0 Å². The number of carboxylic acid groups (broad SMARTS) is 1. The number of halogens is 4. The standard InChI is InChI=1S/C28H47N3O8.C13H28N2O3.2C8H7ClO4.C8H8O5.C2Cl2O2/c1-20(9-5-7-14-30-25(33)12-11-23-21(2)27(35)39-28(23)36)24(32)19-22(10-4-6-13-29)26(34)31-15-8-16-38-18-17-37-3;1-12(6-3-4-7-14)13(16)15-8-5-9-18-11-10-17-2;3*1-4-5(2-3-6(9)10)8(12)13-7(4)11;3-1(5)2(4)6/h20,22H,4-19,29H2,1-3H3,(H,30,33)(H,31,34);12H,3-11,14H2,1-2H3,(H,15,16);2*2-3H2,1H3;2-3H2,1H3,(H,9,10);. The molecule has 4 aliphatic rings. The minimum atomic E-state index is -1.14. The van der Waals surface area contributed by atoms with E-state index in [2.05, 4.69) is 58.1 Å². The summed E-state index contributed by atoms with van der Waals surface area (Å²) in [6, 6.07) is 0. The van der Waals surface area contributed by atoms with Crippen LogP contribution in [0.4, 0.5) is 0 Å². The lowest BCUT2D eigenvalue weighted by Gasteiger charge is -2.18. The fourth-order valence-electron chi connectivity index (χ4n) is 8.73. The Hall–Kier alpha value is -7.33. The molecule has 31 nitrogen and oxygen atoms in total. The SMILES string of the molecule is CC1=C(CCC(=O)Cl)C(=O)OC1=O.CC1=C(CCC(=O)Cl)C(=O)OC1=O.CC1=C(CCC(=O)O)C(=O)OC1=O.COCCOCCCNC(=O)C(C)CCCCN.COCCOCCCNC(=O)C(CCCCN)CC(=O)C(C)CCCCNC(=O)CCC1=C(C)C(=O)OC1=O.O=C(Cl)C(=O)Cl. The number of rotatable bonds is 45. The van der Waals surface area contributed by atoms with Crippen molar-refractivity contribution in [2.45, 2.75) is 170 Å². The number of ether oxygens (including phenoxy) is 8. The van der Waals surface area contributed by atoms with E-state index in [0.717, 1.165) is 44.9 Å². The monoisotopic (exact) mass is 1530 g/mol. The van der Waals surface area contributed by atoms with Crippen molar-refractivity contribution in [1.82, 2.24) is 16.0 Å². The molecule has 0 radical (unpaired) electrons. The molecule has 0 aromatic rings. The maximum absolute atomic E-state index is 12.9. The minimum absolute atomic E-state index is 0.0383. The lowest BCUT2D eigenvalue weighted by molar-refractivity contribution is -0.153. The first-order valence-electron chi connectivity index (χ1n) is 32.8. The maximum atomic E-state index is 12.9. The van der Waals surface area contributed by atoms with Crippen LogP contribution in [-0.4, -0.2) is 190 Å². The molecule has 3 atom stereocenters. The Morgan fingerprint density at radius 1 is 0.422 bits per heavy atom. The van der Waals surface area contributed by atoms with Gasteiger partial charge in [-0.1, -0.05) is 33.1 Å². The number of carbonyl (C=O) groups is 17. The molecule has 102 heavy (non-hydrogen) atoms. The third-order valence-electron chi connectivity index (χ3n) is 14.9. The van der Waals surface area contributed by atoms with Crippen LogP contribution in [0.3, 0.4) is 0 Å². The highest BCUT2D eigenvalue weighted by molar-refractivity contribution is 6.97. The lowest BCUT2D eigenvalue weighted by Crippen LogP contribution is -2.34. The average molecular weight is 1530 g/mol. The topological polar surface area (TPSA) is 472 Å². The third kappa shape index (κ3) is 44.2. The number of ketones is 1. The predicted molar refractivity (Wildman–Crippen MR) is 368 cm³/mol. The summed E-state index contributed by atoms with van der Waals surface area (Å²) in [5.41, 5.74) is 12.9. The number of carboxylic acids is 1. The lowest BCUT2D eigenvalue weighted by atomic mass is 9.88. The van der Waals surface area contributed by atoms with Gasteiger partial charge in [-0.25, -0.2) is 38.4 Å². The van der Waals surface area contributed by atoms with Crippen molar-refractivity contribution >= 4 is 145 Å². The molecule has 0 aliphatic carbocycles. The molecule has 574 valence electrons. The summed E-state index contributed by atoms with van der Waals surface area (Å²) in [6.07, 6.45) is 9.56. The number of cyclic esters (lactones) is 8. The van der Waals surface area contributed by atoms with Crippen LogP contribution in [0.5, 0.6) is 0 Å². The number of esters is 8. The molecule has 4 heterocycles. The Balaban J connectivity index is 0. The molecular formula is C67H97Cl4N5O26. The molecule has 35 heteroatoms. The van der Waals surface area contributed by atoms with Crippen molar-refractivity contribution in [2.24, 2.45) is 29.2 Å². The molecule has 0 bridgehead atoms. The minimum Gasteiger partial charge on any atom is -0.481 e. The van der Waals surface area contributed by atoms with Gasteiger partial charge >= 0.3 is 64.2 Å². The molecule has 0 aromatic heterocycles. The molecule has 0 spiro atoms. The van der Waals surface area contributed by atoms with Crippen LogP contribution in [-0.2, 0) is 119 Å². The number of hydrogen-bond acceptors (Lipinski definition) is 27. The summed E-state index contributed by atoms with van der Waals surface area (Å²) in [5, 5.41) is 13.7. The third-order valence-corrected chi connectivity index (χ3v) is 15.8. The van der Waals surface area contributed by atoms with Crippen LogP contribution in [0.1, 0.15) is 170 Å². The van der Waals surface area contributed by atoms with Crippen molar-refractivity contribution in [1.29, 1.82) is 0 Å². The predicted octanol–water partition coefficient (Wildman–Crippen LogP) is 5.52. The number of hydrogen-bond donors (Lipinski definition) is 6. The Bertz CT molecular complexity index is 2870. The second-order valence-corrected chi connectivity index (χ2v) is 24.4. The molecule has 0 aromatic carbocycles. The van der Waals surface area contributed by atoms with Gasteiger partial charge in [0.2, 0.25) is 28.2 Å². The average Bonchev–Trinajstić information content (AvgIpc) is 1.73. The fourth-order valence-corrected chi connectivity index (χ4v) is 8.92. The van der Waals surface area contributed by atoms with Gasteiger partial charge in [0.25, 0.3) is 0 Å². The van der Waals surface area contributed by atoms with Gasteiger partial charge in [0, 0.05) is 142 Å². The highest BCUT2D eigenvalue weighted by Gasteiger charge is 2.33. The molecule has 0 saturated heterocycles. The molecule has 3 amide bonds. The van der Waals surface area contributed by atoms with Gasteiger partial charge in [0.15, 0.2) is 0 Å². The summed E-state index contributed by atoms with van der Waals surface area (Å²) in [5.74, 6) is -6.93. The Morgan fingerprint density at radius 3 is 1.11 bits per heavy atom. The number of Topliss-reactive ketones (excluding diaryl/α,β-unsaturated/α-hetero) is 1. The van der Waals surface area contributed by atoms with E-state index in [1.54, 1.807) is 14.2 Å². The van der Waals surface area contributed by atoms with Gasteiger partial charge in [-0.2, -0.15) is 0 Å². The Labute approximate surface area is 612 Å². The molecule has 3 unspecified atom stereocenters. The second-order valence-electron chi connectivity index (χ2n) is 22.9. The highest BCUT2D eigenvalue weighted by Crippen LogP contribution is 2.25. The fraction of sp³-hybridized carbons (Fsp3) is 0.627. The van der Waals surface area contributed by atoms with E-state index < -0.39 is 74.7 Å². The summed E-state index contributed by atoms with van der Waals surface area (Å²) in [6.45, 7) is 16.1. The van der Waals surface area contributed by atoms with E-state index in [1.807, 2.05) is 13.8 Å². The first-order valence-corrected chi connectivity index (χ1v) is 34.4. The zero-order chi connectivity index (χ0) is 77.9. The van der Waals surface area contributed by atoms with Crippen molar-refractivity contribution in [3.63, 3.8) is 0 Å². The van der Waals surface area contributed by atoms with Gasteiger partial charge in [-0.3, -0.25) is 43.2 Å². The van der Waals surface area contributed by atoms with Gasteiger partial charge in [-0.15, -0.1) is 0 Å². The second kappa shape index (κ2) is 57.1. The summed E-state index contributed by atoms with van der Waals surface area (Å²) in [7, 11) is 3.26. The van der Waals surface area contributed by atoms with Crippen LogP contribution >= 0.6 is 46.4 Å². The number of carbonyl (C=O) groups excluding carboxylic acids is 16. The number of unbranched alkanes of at least 4 members (excludes halogenated alkanes) is 3. The van der Waals surface area contributed by atoms with E-state index in [4.69, 9.17) is 58.7 Å². The Kier molecular flexibility index (Phi) is 54.2. The van der Waals surface area contributed by atoms with E-state index in [1.165, 1.54) is 27.7 Å². The van der Waals surface area contributed by atoms with E-state index in [9.17, 15) is 81.5 Å². The summed E-state index contributed by atoms with van der Waals surface area (Å²) in [4.78, 5) is 187. The molecular weight excluding hydrogens is 1430 g/mol. The van der Waals surface area contributed by atoms with Gasteiger partial charge in [-0.05, 0) is 164 Å². The number of nitrogens with one attached hydrogen (secondary N) is 3. The summed E-state index contributed by atoms with van der Waals surface area (Å²) < 4.78 is 37.9. The first-order chi connectivity index (χ1) is 48.1. The number of amides is 3. The number of methoxy groups -OCH3 is 2. The molecule has 8 N–H and O–H groups in total. The summed E-state index contributed by atoms with van der Waals surface area (Å²) >= 11 is 19.2. The van der Waals surface area contributed by atoms with E-state index >= 15 is 0 Å². The Morgan fingerprint density at radius 2 is 0.765 bits per heavy atom. The molecule has 0 saturated carbocycles. The first kappa shape index (κ1) is 96.7. The highest BCUT2D eigenvalue weighted by atomic mass is 35.5. The van der Waals surface area contributed by atoms with Crippen LogP contribution in [0, 0.1) is 17.8 Å². The normalized spacial score (nSPS) is 14.6. The molecule has 0 fully saturated rings. The largest absolute Gasteiger partial charge is 0.481 e. The zero-order valence-corrected chi connectivity index (χ0v) is 62.0. The van der Waals surface area contributed by atoms with Crippen LogP contribution in [0.25, 0.3) is 0 Å². The van der Waals surface area contributed by atoms with Gasteiger partial charge < -0.3 is 70.4 Å².